The Morgan fingerprint density at radius 1 is 0.720 bits per heavy atom. The highest BCUT2D eigenvalue weighted by atomic mass is 31.2. The van der Waals surface area contributed by atoms with E-state index in [1.165, 1.54) is 27.7 Å². The van der Waals surface area contributed by atoms with Crippen LogP contribution in [0.3, 0.4) is 0 Å². The third-order valence-electron chi connectivity index (χ3n) is 7.85. The summed E-state index contributed by atoms with van der Waals surface area (Å²) in [7, 11) is -4.77. The van der Waals surface area contributed by atoms with Crippen molar-refractivity contribution in [3.05, 3.63) is 0 Å². The van der Waals surface area contributed by atoms with Crippen LogP contribution in [0.15, 0.2) is 0 Å². The molecule has 0 radical (unpaired) electrons. The number of carbonyl (C=O) groups is 6. The molecular weight excluding hydrogens is 675 g/mol. The summed E-state index contributed by atoms with van der Waals surface area (Å²) >= 11 is 0. The van der Waals surface area contributed by atoms with Crippen LogP contribution in [0.2, 0.25) is 0 Å². The molecule has 1 rings (SSSR count). The minimum atomic E-state index is -4.77. The third kappa shape index (κ3) is 23.3. The first kappa shape index (κ1) is 44.9. The molecule has 0 bridgehead atoms. The van der Waals surface area contributed by atoms with Crippen LogP contribution >= 0.6 is 7.82 Å². The molecule has 50 heavy (non-hydrogen) atoms. The van der Waals surface area contributed by atoms with Gasteiger partial charge in [-0.15, -0.1) is 0 Å². The van der Waals surface area contributed by atoms with Crippen molar-refractivity contribution in [1.29, 1.82) is 0 Å². The minimum absolute atomic E-state index is 0.1000. The maximum Gasteiger partial charge on any atom is 0.268 e. The molecule has 288 valence electrons. The maximum atomic E-state index is 13.2. The number of rotatable bonds is 24. The summed E-state index contributed by atoms with van der Waals surface area (Å²) in [6.45, 7) is 11.0. The molecule has 18 nitrogen and oxygen atoms in total. The van der Waals surface area contributed by atoms with Gasteiger partial charge < -0.3 is 45.8 Å². The van der Waals surface area contributed by atoms with Crippen LogP contribution in [0, 0.1) is 5.41 Å². The molecule has 2 atom stereocenters. The topological polar surface area (TPSA) is 240 Å². The number of hydrogen-bond acceptors (Lipinski definition) is 12. The van der Waals surface area contributed by atoms with Crippen molar-refractivity contribution in [2.75, 3.05) is 78.6 Å². The van der Waals surface area contributed by atoms with E-state index < -0.39 is 38.4 Å². The van der Waals surface area contributed by atoms with Crippen LogP contribution < -0.4 is 36.8 Å². The Hall–Kier alpha value is -3.15. The first-order valence-electron chi connectivity index (χ1n) is 17.0. The van der Waals surface area contributed by atoms with E-state index in [1.54, 1.807) is 9.80 Å². The predicted octanol–water partition coefficient (Wildman–Crippen LogP) is -1.79. The highest BCUT2D eigenvalue weighted by molar-refractivity contribution is 7.45. The largest absolute Gasteiger partial charge is 0.756 e. The van der Waals surface area contributed by atoms with Gasteiger partial charge in [-0.25, -0.2) is 0 Å². The van der Waals surface area contributed by atoms with Gasteiger partial charge in [0, 0.05) is 86.6 Å². The first-order valence-corrected chi connectivity index (χ1v) is 18.4. The number of carbonyl (C=O) groups excluding carboxylic acids is 6. The summed E-state index contributed by atoms with van der Waals surface area (Å²) < 4.78 is 23.3. The van der Waals surface area contributed by atoms with Gasteiger partial charge >= 0.3 is 0 Å². The molecular formula is C31H58N8O10P-. The molecule has 1 fully saturated rings. The van der Waals surface area contributed by atoms with Gasteiger partial charge in [0.2, 0.25) is 35.4 Å². The van der Waals surface area contributed by atoms with Gasteiger partial charge in [0.1, 0.15) is 0 Å². The lowest BCUT2D eigenvalue weighted by Gasteiger charge is -2.37. The average Bonchev–Trinajstić information content (AvgIpc) is 2.98. The van der Waals surface area contributed by atoms with Crippen LogP contribution in [0.4, 0.5) is 0 Å². The van der Waals surface area contributed by atoms with E-state index in [0.717, 1.165) is 12.8 Å². The molecule has 0 aromatic carbocycles. The van der Waals surface area contributed by atoms with Crippen molar-refractivity contribution in [2.24, 2.45) is 5.41 Å². The van der Waals surface area contributed by atoms with E-state index in [9.17, 15) is 38.2 Å². The van der Waals surface area contributed by atoms with Crippen molar-refractivity contribution >= 4 is 43.3 Å². The van der Waals surface area contributed by atoms with Crippen LogP contribution in [0.25, 0.3) is 0 Å². The van der Waals surface area contributed by atoms with Gasteiger partial charge in [0.25, 0.3) is 7.82 Å². The molecule has 0 heterocycles. The fourth-order valence-corrected chi connectivity index (χ4v) is 6.10. The maximum absolute atomic E-state index is 13.2. The monoisotopic (exact) mass is 733 g/mol. The van der Waals surface area contributed by atoms with Crippen molar-refractivity contribution in [3.63, 3.8) is 0 Å². The molecule has 6 amide bonds. The molecule has 1 aliphatic carbocycles. The second kappa shape index (κ2) is 23.3. The highest BCUT2D eigenvalue weighted by Crippen LogP contribution is 2.45. The Morgan fingerprint density at radius 2 is 1.12 bits per heavy atom. The van der Waals surface area contributed by atoms with E-state index >= 15 is 0 Å². The van der Waals surface area contributed by atoms with Gasteiger partial charge in [-0.1, -0.05) is 13.8 Å². The van der Waals surface area contributed by atoms with Crippen molar-refractivity contribution in [2.45, 2.75) is 79.4 Å². The van der Waals surface area contributed by atoms with E-state index in [-0.39, 0.29) is 74.9 Å². The van der Waals surface area contributed by atoms with Crippen molar-refractivity contribution in [1.82, 2.24) is 41.7 Å². The van der Waals surface area contributed by atoms with Crippen LogP contribution in [-0.2, 0) is 42.4 Å². The van der Waals surface area contributed by atoms with E-state index in [0.29, 0.717) is 39.0 Å². The lowest BCUT2D eigenvalue weighted by molar-refractivity contribution is -0.231. The minimum Gasteiger partial charge on any atom is -0.756 e. The molecule has 1 saturated carbocycles. The van der Waals surface area contributed by atoms with E-state index in [2.05, 4.69) is 45.7 Å². The lowest BCUT2D eigenvalue weighted by atomic mass is 9.76. The second-order valence-electron chi connectivity index (χ2n) is 13.3. The standard InChI is InChI=1S/C31H59N8O10P/c1-23(40)32-11-15-38(16-12-33-24(2)41)20-29(44)36-19-27(22-48-50(46,47)49-28-7-9-31(5,6)10-8-28)37-30(45)21-39(17-13-34-25(3)42)18-14-35-26(4)43/h27-28H,7-22H2,1-6H3,(H,32,40)(H,33,41)(H,34,42)(H,35,43)(H,36,44)(H,37,45)(H,46,47)/p-1/t27-/m1/s1. The molecule has 6 N–H and O–H groups in total. The predicted molar refractivity (Wildman–Crippen MR) is 183 cm³/mol. The van der Waals surface area contributed by atoms with Crippen LogP contribution in [-0.4, -0.2) is 136 Å². The lowest BCUT2D eigenvalue weighted by Crippen LogP contribution is -2.52. The molecule has 19 heteroatoms. The number of amides is 6. The quantitative estimate of drug-likeness (QED) is 0.0603. The molecule has 0 aromatic heterocycles. The van der Waals surface area contributed by atoms with Gasteiger partial charge in [-0.05, 0) is 31.1 Å². The smallest absolute Gasteiger partial charge is 0.268 e. The normalized spacial score (nSPS) is 16.2. The summed E-state index contributed by atoms with van der Waals surface area (Å²) in [6.07, 6.45) is 2.21. The molecule has 1 aliphatic rings. The molecule has 0 aliphatic heterocycles. The zero-order valence-corrected chi connectivity index (χ0v) is 31.3. The number of nitrogens with one attached hydrogen (secondary N) is 6. The van der Waals surface area contributed by atoms with Crippen LogP contribution in [0.1, 0.15) is 67.2 Å². The number of phosphoric ester groups is 1. The zero-order chi connectivity index (χ0) is 37.7. The number of hydrogen-bond donors (Lipinski definition) is 6. The van der Waals surface area contributed by atoms with Crippen molar-refractivity contribution < 1.29 is 47.3 Å². The Balaban J connectivity index is 2.95. The van der Waals surface area contributed by atoms with Crippen LogP contribution in [0.5, 0.6) is 0 Å². The van der Waals surface area contributed by atoms with Gasteiger partial charge in [0.05, 0.1) is 31.8 Å². The number of nitrogens with zero attached hydrogens (tertiary/aromatic N) is 2. The average molecular weight is 734 g/mol. The Morgan fingerprint density at radius 3 is 1.52 bits per heavy atom. The van der Waals surface area contributed by atoms with E-state index in [4.69, 9.17) is 9.05 Å². The summed E-state index contributed by atoms with van der Waals surface area (Å²) in [5.41, 5.74) is 0.1000. The second-order valence-corrected chi connectivity index (χ2v) is 14.6. The van der Waals surface area contributed by atoms with Gasteiger partial charge in [-0.3, -0.25) is 43.1 Å². The molecule has 1 unspecified atom stereocenters. The summed E-state index contributed by atoms with van der Waals surface area (Å²) in [6, 6.07) is -0.984. The summed E-state index contributed by atoms with van der Waals surface area (Å²) in [4.78, 5) is 87.7. The van der Waals surface area contributed by atoms with Gasteiger partial charge in [-0.2, -0.15) is 0 Å². The first-order chi connectivity index (χ1) is 23.4. The summed E-state index contributed by atoms with van der Waals surface area (Å²) in [5, 5.41) is 16.0. The summed E-state index contributed by atoms with van der Waals surface area (Å²) in [5.74, 6) is -1.91. The fourth-order valence-electron chi connectivity index (χ4n) is 5.10. The fraction of sp³-hybridized carbons (Fsp3) is 0.806. The van der Waals surface area contributed by atoms with Crippen molar-refractivity contribution in [3.8, 4) is 0 Å². The Kier molecular flexibility index (Phi) is 21.0. The zero-order valence-electron chi connectivity index (χ0n) is 30.4. The number of phosphoric acid groups is 1. The highest BCUT2D eigenvalue weighted by Gasteiger charge is 2.30. The molecule has 0 spiro atoms. The Labute approximate surface area is 295 Å². The van der Waals surface area contributed by atoms with Gasteiger partial charge in [0.15, 0.2) is 0 Å². The van der Waals surface area contributed by atoms with E-state index in [1.807, 2.05) is 0 Å². The third-order valence-corrected chi connectivity index (χ3v) is 8.87. The Bertz CT molecular complexity index is 1120. The molecule has 0 saturated heterocycles. The molecule has 0 aromatic rings. The SMILES string of the molecule is CC(=O)NCCN(CCNC(C)=O)CC(=O)NC[C@H](COP(=O)([O-])OC1CCC(C)(C)CC1)NC(=O)CN(CCNC(C)=O)CCNC(C)=O.